The Labute approximate surface area is 73.1 Å². The molecular formula is C8H17NO3. The van der Waals surface area contributed by atoms with Gasteiger partial charge in [0, 0.05) is 6.54 Å². The average Bonchev–Trinajstić information content (AvgIpc) is 2.06. The summed E-state index contributed by atoms with van der Waals surface area (Å²) >= 11 is 0. The second kappa shape index (κ2) is 5.97. The van der Waals surface area contributed by atoms with Gasteiger partial charge < -0.3 is 9.84 Å². The molecule has 0 aliphatic heterocycles. The molecule has 12 heavy (non-hydrogen) atoms. The van der Waals surface area contributed by atoms with Crippen LogP contribution >= 0.6 is 0 Å². The zero-order chi connectivity index (χ0) is 9.56. The first-order valence-electron chi connectivity index (χ1n) is 4.06. The highest BCUT2D eigenvalue weighted by molar-refractivity contribution is 5.75. The van der Waals surface area contributed by atoms with E-state index in [2.05, 4.69) is 4.74 Å². The maximum atomic E-state index is 11.1. The van der Waals surface area contributed by atoms with Gasteiger partial charge in [0.15, 0.2) is 0 Å². The highest BCUT2D eigenvalue weighted by atomic mass is 16.5. The molecule has 0 rings (SSSR count). The molecule has 0 saturated heterocycles. The summed E-state index contributed by atoms with van der Waals surface area (Å²) in [4.78, 5) is 12.9. The van der Waals surface area contributed by atoms with E-state index >= 15 is 0 Å². The molecule has 0 saturated carbocycles. The number of methoxy groups -OCH3 is 1. The van der Waals surface area contributed by atoms with Gasteiger partial charge in [-0.3, -0.25) is 9.69 Å². The molecule has 0 aromatic heterocycles. The Kier molecular flexibility index (Phi) is 5.66. The van der Waals surface area contributed by atoms with Crippen LogP contribution in [0.15, 0.2) is 0 Å². The van der Waals surface area contributed by atoms with Crippen molar-refractivity contribution in [1.82, 2.24) is 4.90 Å². The number of aliphatic hydroxyl groups excluding tert-OH is 1. The molecular weight excluding hydrogens is 158 g/mol. The van der Waals surface area contributed by atoms with E-state index in [1.807, 2.05) is 6.92 Å². The van der Waals surface area contributed by atoms with Crippen molar-refractivity contribution < 1.29 is 14.6 Å². The Bertz CT molecular complexity index is 138. The minimum absolute atomic E-state index is 0.0595. The van der Waals surface area contributed by atoms with Crippen LogP contribution in [-0.4, -0.2) is 49.3 Å². The van der Waals surface area contributed by atoms with E-state index in [0.717, 1.165) is 0 Å². The molecule has 0 aromatic rings. The van der Waals surface area contributed by atoms with Crippen LogP contribution in [0, 0.1) is 0 Å². The van der Waals surface area contributed by atoms with E-state index in [1.54, 1.807) is 11.9 Å². The molecule has 1 N–H and O–H groups in total. The third-order valence-corrected chi connectivity index (χ3v) is 1.84. The number of hydrogen-bond donors (Lipinski definition) is 1. The zero-order valence-electron chi connectivity index (χ0n) is 7.91. The molecule has 0 aromatic carbocycles. The Morgan fingerprint density at radius 1 is 1.67 bits per heavy atom. The Morgan fingerprint density at radius 3 is 2.58 bits per heavy atom. The van der Waals surface area contributed by atoms with E-state index in [-0.39, 0.29) is 18.6 Å². The van der Waals surface area contributed by atoms with E-state index in [4.69, 9.17) is 5.11 Å². The van der Waals surface area contributed by atoms with Crippen molar-refractivity contribution in [3.05, 3.63) is 0 Å². The molecule has 0 aliphatic rings. The fourth-order valence-electron chi connectivity index (χ4n) is 1.11. The number of esters is 1. The number of carbonyl (C=O) groups is 1. The number of ether oxygens (including phenoxy) is 1. The summed E-state index contributed by atoms with van der Waals surface area (Å²) in [5.74, 6) is -0.242. The summed E-state index contributed by atoms with van der Waals surface area (Å²) in [7, 11) is 3.17. The van der Waals surface area contributed by atoms with E-state index in [0.29, 0.717) is 13.0 Å². The third-order valence-electron chi connectivity index (χ3n) is 1.84. The van der Waals surface area contributed by atoms with Gasteiger partial charge in [-0.15, -0.1) is 0 Å². The predicted octanol–water partition coefficient (Wildman–Crippen LogP) is -0.138. The van der Waals surface area contributed by atoms with E-state index < -0.39 is 0 Å². The van der Waals surface area contributed by atoms with Gasteiger partial charge in [-0.25, -0.2) is 0 Å². The number of nitrogens with zero attached hydrogens (tertiary/aromatic N) is 1. The largest absolute Gasteiger partial charge is 0.468 e. The topological polar surface area (TPSA) is 49.8 Å². The molecule has 1 unspecified atom stereocenters. The predicted molar refractivity (Wildman–Crippen MR) is 45.8 cm³/mol. The number of rotatable bonds is 5. The molecule has 4 heteroatoms. The highest BCUT2D eigenvalue weighted by Gasteiger charge is 2.20. The molecule has 1 atom stereocenters. The lowest BCUT2D eigenvalue weighted by Crippen LogP contribution is -2.40. The van der Waals surface area contributed by atoms with Crippen LogP contribution in [-0.2, 0) is 9.53 Å². The van der Waals surface area contributed by atoms with Crippen LogP contribution in [0.1, 0.15) is 13.3 Å². The van der Waals surface area contributed by atoms with Crippen molar-refractivity contribution in [3.63, 3.8) is 0 Å². The van der Waals surface area contributed by atoms with Crippen LogP contribution in [0.25, 0.3) is 0 Å². The molecule has 0 fully saturated rings. The fraction of sp³-hybridized carbons (Fsp3) is 0.875. The summed E-state index contributed by atoms with van der Waals surface area (Å²) in [6, 6.07) is -0.234. The number of carbonyl (C=O) groups excluding carboxylic acids is 1. The lowest BCUT2D eigenvalue weighted by atomic mass is 10.2. The van der Waals surface area contributed by atoms with Gasteiger partial charge in [-0.05, 0) is 13.5 Å². The number of aliphatic hydroxyl groups is 1. The second-order valence-corrected chi connectivity index (χ2v) is 2.65. The van der Waals surface area contributed by atoms with Crippen molar-refractivity contribution in [3.8, 4) is 0 Å². The summed E-state index contributed by atoms with van der Waals surface area (Å²) < 4.78 is 4.61. The molecule has 4 nitrogen and oxygen atoms in total. The van der Waals surface area contributed by atoms with Crippen molar-refractivity contribution in [2.24, 2.45) is 0 Å². The Morgan fingerprint density at radius 2 is 2.25 bits per heavy atom. The summed E-state index contributed by atoms with van der Waals surface area (Å²) in [5.41, 5.74) is 0. The van der Waals surface area contributed by atoms with Crippen LogP contribution in [0.2, 0.25) is 0 Å². The smallest absolute Gasteiger partial charge is 0.323 e. The van der Waals surface area contributed by atoms with Crippen molar-refractivity contribution >= 4 is 5.97 Å². The first-order chi connectivity index (χ1) is 5.67. The molecule has 0 aliphatic carbocycles. The molecule has 0 bridgehead atoms. The zero-order valence-corrected chi connectivity index (χ0v) is 7.91. The summed E-state index contributed by atoms with van der Waals surface area (Å²) in [6.45, 7) is 2.47. The molecule has 72 valence electrons. The first-order valence-corrected chi connectivity index (χ1v) is 4.06. The van der Waals surface area contributed by atoms with E-state index in [1.165, 1.54) is 7.11 Å². The van der Waals surface area contributed by atoms with Crippen LogP contribution in [0.3, 0.4) is 0 Å². The third kappa shape index (κ3) is 3.19. The van der Waals surface area contributed by atoms with Crippen molar-refractivity contribution in [1.29, 1.82) is 0 Å². The summed E-state index contributed by atoms with van der Waals surface area (Å²) in [5, 5.41) is 8.64. The normalized spacial score (nSPS) is 13.1. The second-order valence-electron chi connectivity index (χ2n) is 2.65. The fourth-order valence-corrected chi connectivity index (χ4v) is 1.11. The quantitative estimate of drug-likeness (QED) is 0.591. The van der Waals surface area contributed by atoms with Crippen molar-refractivity contribution in [2.75, 3.05) is 27.3 Å². The van der Waals surface area contributed by atoms with Gasteiger partial charge in [-0.1, -0.05) is 6.92 Å². The molecule has 0 heterocycles. The standard InChI is InChI=1S/C8H17NO3/c1-4-7(8(11)12-3)9(2)5-6-10/h7,10H,4-6H2,1-3H3. The number of hydrogen-bond acceptors (Lipinski definition) is 4. The van der Waals surface area contributed by atoms with Gasteiger partial charge in [0.25, 0.3) is 0 Å². The Balaban J connectivity index is 4.03. The number of likely N-dealkylation sites (N-methyl/N-ethyl adjacent to an activating group) is 1. The minimum Gasteiger partial charge on any atom is -0.468 e. The summed E-state index contributed by atoms with van der Waals surface area (Å²) in [6.07, 6.45) is 0.698. The van der Waals surface area contributed by atoms with Gasteiger partial charge >= 0.3 is 5.97 Å². The van der Waals surface area contributed by atoms with Crippen LogP contribution in [0.5, 0.6) is 0 Å². The minimum atomic E-state index is -0.242. The SMILES string of the molecule is CCC(C(=O)OC)N(C)CCO. The maximum Gasteiger partial charge on any atom is 0.323 e. The van der Waals surface area contributed by atoms with Gasteiger partial charge in [0.1, 0.15) is 6.04 Å². The van der Waals surface area contributed by atoms with Gasteiger partial charge in [-0.2, -0.15) is 0 Å². The van der Waals surface area contributed by atoms with Gasteiger partial charge in [0.05, 0.1) is 13.7 Å². The maximum absolute atomic E-state index is 11.1. The lowest BCUT2D eigenvalue weighted by molar-refractivity contribution is -0.146. The molecule has 0 radical (unpaired) electrons. The van der Waals surface area contributed by atoms with Gasteiger partial charge in [0.2, 0.25) is 0 Å². The average molecular weight is 175 g/mol. The van der Waals surface area contributed by atoms with E-state index in [9.17, 15) is 4.79 Å². The van der Waals surface area contributed by atoms with Crippen LogP contribution < -0.4 is 0 Å². The highest BCUT2D eigenvalue weighted by Crippen LogP contribution is 2.02. The molecule has 0 amide bonds. The lowest BCUT2D eigenvalue weighted by Gasteiger charge is -2.23. The molecule has 0 spiro atoms. The van der Waals surface area contributed by atoms with Crippen molar-refractivity contribution in [2.45, 2.75) is 19.4 Å². The Hall–Kier alpha value is -0.610. The van der Waals surface area contributed by atoms with Crippen LogP contribution in [0.4, 0.5) is 0 Å². The monoisotopic (exact) mass is 175 g/mol. The first kappa shape index (κ1) is 11.4.